The molecular formula is C95H70O2. The van der Waals surface area contributed by atoms with Gasteiger partial charge in [0.15, 0.2) is 0 Å². The second-order valence-corrected chi connectivity index (χ2v) is 24.7. The van der Waals surface area contributed by atoms with E-state index in [-0.39, 0.29) is 22.3 Å². The van der Waals surface area contributed by atoms with Gasteiger partial charge in [0.25, 0.3) is 0 Å². The molecule has 19 aromatic rings. The van der Waals surface area contributed by atoms with E-state index < -0.39 is 0 Å². The first kappa shape index (κ1) is 60.9. The molecule has 19 rings (SSSR count). The number of benzene rings is 17. The molecule has 0 atom stereocenters. The lowest BCUT2D eigenvalue weighted by Crippen LogP contribution is -1.89. The number of rotatable bonds is 8. The third-order valence-corrected chi connectivity index (χ3v) is 19.1. The van der Waals surface area contributed by atoms with Gasteiger partial charge in [-0.05, 0) is 210 Å². The van der Waals surface area contributed by atoms with Gasteiger partial charge in [-0.3, -0.25) is 0 Å². The Morgan fingerprint density at radius 3 is 0.845 bits per heavy atom. The molecule has 0 fully saturated rings. The lowest BCUT2D eigenvalue weighted by atomic mass is 9.87. The molecule has 0 N–H and O–H groups in total. The fourth-order valence-electron chi connectivity index (χ4n) is 14.3. The van der Waals surface area contributed by atoms with Gasteiger partial charge < -0.3 is 8.83 Å². The minimum atomic E-state index is 0. The van der Waals surface area contributed by atoms with E-state index >= 15 is 0 Å². The molecule has 17 aromatic carbocycles. The van der Waals surface area contributed by atoms with Crippen molar-refractivity contribution in [1.82, 2.24) is 0 Å². The maximum absolute atomic E-state index is 6.33. The van der Waals surface area contributed by atoms with Crippen LogP contribution in [-0.4, -0.2) is 0 Å². The zero-order valence-electron chi connectivity index (χ0n) is 51.3. The summed E-state index contributed by atoms with van der Waals surface area (Å²) in [7, 11) is 0. The molecule has 0 bridgehead atoms. The summed E-state index contributed by atoms with van der Waals surface area (Å²) >= 11 is 0. The third-order valence-electron chi connectivity index (χ3n) is 19.1. The highest BCUT2D eigenvalue weighted by molar-refractivity contribution is 6.24. The van der Waals surface area contributed by atoms with E-state index in [4.69, 9.17) is 8.83 Å². The average molecular weight is 1240 g/mol. The quantitative estimate of drug-likeness (QED) is 0.142. The van der Waals surface area contributed by atoms with E-state index in [9.17, 15) is 0 Å². The second-order valence-electron chi connectivity index (χ2n) is 24.7. The lowest BCUT2D eigenvalue weighted by Gasteiger charge is -2.16. The van der Waals surface area contributed by atoms with Gasteiger partial charge in [0, 0.05) is 27.6 Å². The molecule has 0 aliphatic heterocycles. The molecule has 0 spiro atoms. The Bertz CT molecular complexity index is 5760. The van der Waals surface area contributed by atoms with Gasteiger partial charge in [-0.2, -0.15) is 0 Å². The highest BCUT2D eigenvalue weighted by Crippen LogP contribution is 2.44. The van der Waals surface area contributed by atoms with Crippen molar-refractivity contribution in [3.63, 3.8) is 0 Å². The van der Waals surface area contributed by atoms with E-state index in [1.807, 2.05) is 6.07 Å². The Morgan fingerprint density at radius 1 is 0.134 bits per heavy atom. The van der Waals surface area contributed by atoms with Crippen molar-refractivity contribution in [1.29, 1.82) is 0 Å². The van der Waals surface area contributed by atoms with Crippen LogP contribution in [0.5, 0.6) is 0 Å². The van der Waals surface area contributed by atoms with Gasteiger partial charge in [0.2, 0.25) is 0 Å². The summed E-state index contributed by atoms with van der Waals surface area (Å²) < 4.78 is 12.7. The van der Waals surface area contributed by atoms with E-state index in [1.165, 1.54) is 132 Å². The summed E-state index contributed by atoms with van der Waals surface area (Å²) in [5, 5.41) is 17.1. The molecule has 2 aromatic heterocycles. The normalized spacial score (nSPS) is 11.3. The molecule has 0 saturated carbocycles. The number of hydrogen-bond acceptors (Lipinski definition) is 2. The number of fused-ring (bicyclic) bond motifs is 13. The molecule has 462 valence electrons. The van der Waals surface area contributed by atoms with E-state index in [0.717, 1.165) is 55.0 Å². The summed E-state index contributed by atoms with van der Waals surface area (Å²) in [4.78, 5) is 0. The van der Waals surface area contributed by atoms with E-state index in [0.29, 0.717) is 0 Å². The van der Waals surface area contributed by atoms with Crippen LogP contribution in [0.1, 0.15) is 22.3 Å². The van der Waals surface area contributed by atoms with E-state index in [1.54, 1.807) is 0 Å². The van der Waals surface area contributed by atoms with E-state index in [2.05, 4.69) is 346 Å². The molecule has 0 aliphatic rings. The summed E-state index contributed by atoms with van der Waals surface area (Å²) in [6.07, 6.45) is 0. The first-order valence-electron chi connectivity index (χ1n) is 32.2. The fraction of sp³-hybridized carbons (Fsp3) is 0.0316. The highest BCUT2D eigenvalue weighted by Gasteiger charge is 2.18. The Hall–Kier alpha value is -12.4. The molecule has 0 aliphatic carbocycles. The van der Waals surface area contributed by atoms with Crippen LogP contribution in [0.25, 0.3) is 187 Å². The van der Waals surface area contributed by atoms with Crippen molar-refractivity contribution in [2.45, 2.75) is 22.3 Å². The molecule has 2 heteroatoms. The maximum Gasteiger partial charge on any atom is 0.139 e. The van der Waals surface area contributed by atoms with Gasteiger partial charge >= 0.3 is 0 Å². The van der Waals surface area contributed by atoms with Crippen molar-refractivity contribution in [2.75, 3.05) is 0 Å². The first-order chi connectivity index (χ1) is 46.5. The SMILES string of the molecule is C.C.C.c1ccc(-c2cccc(-c3ccc4oc5cc6oc7ccc(-c8cccc(-c9ccccc9)c8)cc7c6cc5c4c3)c2)cc1.c1ccc2cc(-c3ccc(-c4cc5c6ccccc6c(-c6ccc(-c7ccc8ccccc8c7)cc6)cc5c5ccccc45)cc3)ccc2c1. The number of hydrogen-bond donors (Lipinski definition) is 0. The van der Waals surface area contributed by atoms with Crippen molar-refractivity contribution in [3.8, 4) is 89.0 Å². The molecule has 2 nitrogen and oxygen atoms in total. The van der Waals surface area contributed by atoms with Gasteiger partial charge in [-0.15, -0.1) is 0 Å². The molecule has 0 radical (unpaired) electrons. The third kappa shape index (κ3) is 11.1. The van der Waals surface area contributed by atoms with Gasteiger partial charge in [-0.25, -0.2) is 0 Å². The van der Waals surface area contributed by atoms with Gasteiger partial charge in [0.1, 0.15) is 22.3 Å². The Kier molecular flexibility index (Phi) is 16.0. The topological polar surface area (TPSA) is 26.3 Å². The molecule has 0 amide bonds. The zero-order valence-corrected chi connectivity index (χ0v) is 51.3. The monoisotopic (exact) mass is 1240 g/mol. The zero-order chi connectivity index (χ0) is 62.1. The average Bonchev–Trinajstić information content (AvgIpc) is 1.59. The Morgan fingerprint density at radius 2 is 0.423 bits per heavy atom. The summed E-state index contributed by atoms with van der Waals surface area (Å²) in [5.41, 5.74) is 22.8. The van der Waals surface area contributed by atoms with Crippen molar-refractivity contribution < 1.29 is 8.83 Å². The molecular weight excluding hydrogens is 1170 g/mol. The molecule has 97 heavy (non-hydrogen) atoms. The Labute approximate surface area is 566 Å². The smallest absolute Gasteiger partial charge is 0.139 e. The first-order valence-corrected chi connectivity index (χ1v) is 32.2. The van der Waals surface area contributed by atoms with Crippen LogP contribution in [-0.2, 0) is 0 Å². The highest BCUT2D eigenvalue weighted by atomic mass is 16.3. The molecule has 0 saturated heterocycles. The van der Waals surface area contributed by atoms with Crippen LogP contribution in [0.3, 0.4) is 0 Å². The number of furan rings is 2. The summed E-state index contributed by atoms with van der Waals surface area (Å²) in [6.45, 7) is 0. The predicted molar refractivity (Wildman–Crippen MR) is 419 cm³/mol. The molecule has 2 heterocycles. The standard InChI is InChI=1S/C50H32.C42H26O2.3CH4/c1-3-11-39-29-41(27-21-33(39)9-1)35-17-23-37(24-18-35)47-31-49-46-16-8-6-14-44(46)48(32-50(49)45-15-7-5-13-43(45)47)38-25-19-36(20-26-38)42-28-22-34-10-2-4-12-40(34)30-42;1-3-9-27(10-4-1)29-13-7-15-31(21-29)33-17-19-39-35(23-33)37-25-38-36-24-34(18-20-40(36)44-42(38)26-41(37)43-39)32-16-8-14-30(22-32)28-11-5-2-6-12-28;;;/h1-32H;1-26H;3*1H4. The lowest BCUT2D eigenvalue weighted by molar-refractivity contribution is 0.656. The van der Waals surface area contributed by atoms with Crippen molar-refractivity contribution >= 4 is 97.7 Å². The van der Waals surface area contributed by atoms with Crippen LogP contribution in [0.2, 0.25) is 0 Å². The Balaban J connectivity index is 0.000000155. The van der Waals surface area contributed by atoms with Crippen LogP contribution >= 0.6 is 0 Å². The van der Waals surface area contributed by atoms with Gasteiger partial charge in [-0.1, -0.05) is 301 Å². The summed E-state index contributed by atoms with van der Waals surface area (Å²) in [6, 6.07) is 127. The maximum atomic E-state index is 6.33. The van der Waals surface area contributed by atoms with Crippen molar-refractivity contribution in [3.05, 3.63) is 352 Å². The van der Waals surface area contributed by atoms with Crippen LogP contribution in [0.15, 0.2) is 361 Å². The minimum absolute atomic E-state index is 0. The van der Waals surface area contributed by atoms with Crippen LogP contribution in [0.4, 0.5) is 0 Å². The van der Waals surface area contributed by atoms with Crippen LogP contribution < -0.4 is 0 Å². The second kappa shape index (κ2) is 25.5. The van der Waals surface area contributed by atoms with Crippen LogP contribution in [0, 0.1) is 0 Å². The molecule has 0 unspecified atom stereocenters. The largest absolute Gasteiger partial charge is 0.456 e. The van der Waals surface area contributed by atoms with Gasteiger partial charge in [0.05, 0.1) is 0 Å². The minimum Gasteiger partial charge on any atom is -0.456 e. The fourth-order valence-corrected chi connectivity index (χ4v) is 14.3. The van der Waals surface area contributed by atoms with Crippen molar-refractivity contribution in [2.24, 2.45) is 0 Å². The predicted octanol–water partition coefficient (Wildman–Crippen LogP) is 28.2. The summed E-state index contributed by atoms with van der Waals surface area (Å²) in [5.74, 6) is 0.